The summed E-state index contributed by atoms with van der Waals surface area (Å²) >= 11 is 0.188. The van der Waals surface area contributed by atoms with E-state index in [1.165, 1.54) is 13.8 Å². The number of benzene rings is 3. The topological polar surface area (TPSA) is 58.4 Å². The summed E-state index contributed by atoms with van der Waals surface area (Å²) < 4.78 is 188. The summed E-state index contributed by atoms with van der Waals surface area (Å²) in [5, 5.41) is -0.694. The van der Waals surface area contributed by atoms with Gasteiger partial charge in [-0.2, -0.15) is 18.2 Å². The molecule has 0 unspecified atom stereocenters. The molecule has 0 radical (unpaired) electrons. The van der Waals surface area contributed by atoms with E-state index in [-0.39, 0.29) is 65.8 Å². The third kappa shape index (κ3) is 8.54. The summed E-state index contributed by atoms with van der Waals surface area (Å²) in [5.74, 6) is -2.55. The van der Waals surface area contributed by atoms with Gasteiger partial charge in [-0.15, -0.1) is 0 Å². The van der Waals surface area contributed by atoms with Crippen molar-refractivity contribution in [2.24, 2.45) is 0 Å². The molecule has 0 N–H and O–H groups in total. The van der Waals surface area contributed by atoms with Gasteiger partial charge in [0, 0.05) is 42.0 Å². The average molecular weight is 696 g/mol. The van der Waals surface area contributed by atoms with E-state index < -0.39 is 130 Å². The summed E-state index contributed by atoms with van der Waals surface area (Å²) in [5.41, 5.74) is -8.32. The third-order valence-electron chi connectivity index (χ3n) is 7.35. The van der Waals surface area contributed by atoms with E-state index in [1.807, 2.05) is 0 Å². The van der Waals surface area contributed by atoms with Gasteiger partial charge in [-0.25, -0.2) is 4.39 Å². The number of fused-ring (bicyclic) bond motifs is 1. The second kappa shape index (κ2) is 15.5. The third-order valence-corrected chi connectivity index (χ3v) is 8.14. The van der Waals surface area contributed by atoms with Crippen LogP contribution in [0.4, 0.5) is 17.6 Å². The molecule has 0 fully saturated rings. The van der Waals surface area contributed by atoms with Gasteiger partial charge < -0.3 is 14.4 Å². The molecule has 1 heterocycles. The first kappa shape index (κ1) is 20.5. The minimum absolute atomic E-state index is 0.0264. The van der Waals surface area contributed by atoms with Crippen LogP contribution in [0.1, 0.15) is 74.3 Å². The predicted octanol–water partition coefficient (Wildman–Crippen LogP) is 7.53. The van der Waals surface area contributed by atoms with E-state index in [2.05, 4.69) is 4.98 Å². The number of alkyl halides is 3. The smallest absolute Gasteiger partial charge is 0.336 e. The van der Waals surface area contributed by atoms with Crippen LogP contribution in [0.5, 0.6) is 0 Å². The van der Waals surface area contributed by atoms with Crippen LogP contribution in [-0.2, 0) is 42.6 Å². The molecule has 1 aliphatic carbocycles. The molecule has 11 heteroatoms. The molecule has 0 atom stereocenters. The molecule has 5 rings (SSSR count). The van der Waals surface area contributed by atoms with Crippen molar-refractivity contribution in [1.82, 2.24) is 19.4 Å². The van der Waals surface area contributed by atoms with Crippen LogP contribution in [0.15, 0.2) is 76.5 Å². The van der Waals surface area contributed by atoms with Crippen molar-refractivity contribution in [3.8, 4) is 11.1 Å². The Labute approximate surface area is 303 Å². The maximum Gasteiger partial charge on any atom is 0.416 e. The van der Waals surface area contributed by atoms with Gasteiger partial charge in [0.2, 0.25) is 5.91 Å². The van der Waals surface area contributed by atoms with Crippen LogP contribution in [0.25, 0.3) is 11.1 Å². The van der Waals surface area contributed by atoms with Crippen LogP contribution in [0.2, 0.25) is 0 Å². The molecule has 3 aromatic carbocycles. The molecular weight excluding hydrogens is 640 g/mol. The predicted molar refractivity (Wildman–Crippen MR) is 181 cm³/mol. The van der Waals surface area contributed by atoms with Crippen molar-refractivity contribution in [3.05, 3.63) is 116 Å². The Morgan fingerprint density at radius 3 is 2.38 bits per heavy atom. The standard InChI is InChI=1S/C37H40F4N4O2S/c1-4-43(5-2)19-20-44(22-29-12-11-28(21-25(29)3)27-13-15-30(16-14-27)37(39,40)41)34(46)23-45-33-8-6-7-32(33)35(47)42-36(45)48-24-26-9-17-31(38)18-10-26/h9-18,21H,4-8,19-20,22-24H2,1-3H3/i11D,12D,13D,14D,15D,16D,19D2,20D2,21D,23D2,24D2. The Bertz CT molecular complexity index is 2480. The first-order chi connectivity index (χ1) is 28.9. The van der Waals surface area contributed by atoms with Crippen molar-refractivity contribution >= 4 is 17.7 Å². The molecule has 48 heavy (non-hydrogen) atoms. The quantitative estimate of drug-likeness (QED) is 0.0823. The zero-order chi connectivity index (χ0) is 47.7. The van der Waals surface area contributed by atoms with E-state index in [1.54, 1.807) is 0 Å². The summed E-state index contributed by atoms with van der Waals surface area (Å²) in [6.07, 6.45) is -5.03. The lowest BCUT2D eigenvalue weighted by Crippen LogP contribution is -2.40. The highest BCUT2D eigenvalue weighted by molar-refractivity contribution is 7.98. The molecular formula is C37H40F4N4O2S. The number of amides is 1. The molecule has 1 aliphatic rings. The van der Waals surface area contributed by atoms with E-state index in [0.717, 1.165) is 36.1 Å². The fourth-order valence-corrected chi connectivity index (χ4v) is 5.43. The Morgan fingerprint density at radius 1 is 1.02 bits per heavy atom. The van der Waals surface area contributed by atoms with Crippen molar-refractivity contribution in [2.75, 3.05) is 26.1 Å². The molecule has 0 saturated carbocycles. The SMILES string of the molecule is [2H]c1c([2H])c(-c2c([2H])c([2H])c(C(F)(F)F)c([2H])c2[2H])c([2H])c(C)c1CN(C(=O)C([2H])([2H])n1c(SC([2H])([2H])c2ccc(F)cc2)nc(=O)c2c1CCC2)C([2H])([2H])C([2H])([2H])N(CC)CC. The van der Waals surface area contributed by atoms with Crippen molar-refractivity contribution in [2.45, 2.75) is 70.1 Å². The molecule has 254 valence electrons. The maximum absolute atomic E-state index is 15.0. The Hall–Kier alpha value is -3.96. The zero-order valence-electron chi connectivity index (χ0n) is 41.1. The average Bonchev–Trinajstić information content (AvgIpc) is 3.67. The number of thioether (sulfide) groups is 1. The van der Waals surface area contributed by atoms with Crippen LogP contribution < -0.4 is 5.56 Å². The molecule has 0 saturated heterocycles. The summed E-state index contributed by atoms with van der Waals surface area (Å²) in [6.45, 7) is -7.78. The number of hydrogen-bond donors (Lipinski definition) is 0. The molecule has 0 bridgehead atoms. The highest BCUT2D eigenvalue weighted by Crippen LogP contribution is 2.32. The minimum Gasteiger partial charge on any atom is -0.336 e. The Balaban J connectivity index is 1.77. The number of carbonyl (C=O) groups is 1. The van der Waals surface area contributed by atoms with E-state index in [4.69, 9.17) is 15.1 Å². The first-order valence-electron chi connectivity index (χ1n) is 22.4. The van der Waals surface area contributed by atoms with Crippen molar-refractivity contribution in [1.29, 1.82) is 0 Å². The zero-order valence-corrected chi connectivity index (χ0v) is 26.9. The Morgan fingerprint density at radius 2 is 1.71 bits per heavy atom. The lowest BCUT2D eigenvalue weighted by molar-refractivity contribution is -0.137. The summed E-state index contributed by atoms with van der Waals surface area (Å²) in [7, 11) is 0. The molecule has 1 aromatic heterocycles. The monoisotopic (exact) mass is 695 g/mol. The van der Waals surface area contributed by atoms with Crippen LogP contribution in [-0.4, -0.2) is 51.3 Å². The van der Waals surface area contributed by atoms with Crippen LogP contribution in [0.3, 0.4) is 0 Å². The van der Waals surface area contributed by atoms with Crippen molar-refractivity contribution in [3.63, 3.8) is 0 Å². The number of halogens is 4. The normalized spacial score (nSPS) is 18.5. The van der Waals surface area contributed by atoms with E-state index in [0.29, 0.717) is 4.57 Å². The van der Waals surface area contributed by atoms with Gasteiger partial charge in [-0.1, -0.05) is 68.0 Å². The second-order valence-electron chi connectivity index (χ2n) is 10.5. The molecule has 4 aromatic rings. The van der Waals surface area contributed by atoms with Crippen LogP contribution in [0, 0.1) is 12.7 Å². The summed E-state index contributed by atoms with van der Waals surface area (Å²) in [4.78, 5) is 33.3. The van der Waals surface area contributed by atoms with Crippen LogP contribution >= 0.6 is 11.8 Å². The maximum atomic E-state index is 15.0. The van der Waals surface area contributed by atoms with Gasteiger partial charge in [-0.3, -0.25) is 9.59 Å². The molecule has 1 amide bonds. The fourth-order valence-electron chi connectivity index (χ4n) is 4.71. The van der Waals surface area contributed by atoms with Gasteiger partial charge in [0.15, 0.2) is 5.16 Å². The number of aromatic nitrogens is 2. The highest BCUT2D eigenvalue weighted by atomic mass is 32.2. The Kier molecular flexibility index (Phi) is 6.63. The number of hydrogen-bond acceptors (Lipinski definition) is 5. The van der Waals surface area contributed by atoms with Gasteiger partial charge in [0.05, 0.1) is 20.6 Å². The van der Waals surface area contributed by atoms with Gasteiger partial charge in [0.25, 0.3) is 5.56 Å². The largest absolute Gasteiger partial charge is 0.416 e. The number of nitrogens with zero attached hydrogens (tertiary/aromatic N) is 4. The van der Waals surface area contributed by atoms with Gasteiger partial charge in [-0.05, 0) is 91.3 Å². The molecule has 0 aliphatic heterocycles. The van der Waals surface area contributed by atoms with Gasteiger partial charge in [0.1, 0.15) is 12.3 Å². The van der Waals surface area contributed by atoms with E-state index >= 15 is 4.79 Å². The first-order valence-corrected chi connectivity index (χ1v) is 15.7. The summed E-state index contributed by atoms with van der Waals surface area (Å²) in [6, 6.07) is -4.41. The number of rotatable bonds is 13. The lowest BCUT2D eigenvalue weighted by Gasteiger charge is -2.28. The van der Waals surface area contributed by atoms with Gasteiger partial charge >= 0.3 is 6.18 Å². The van der Waals surface area contributed by atoms with E-state index in [9.17, 15) is 27.8 Å². The number of likely N-dealkylation sites (N-methyl/N-ethyl adjacent to an activating group) is 1. The molecule has 6 nitrogen and oxygen atoms in total. The fraction of sp³-hybridized carbons (Fsp3) is 0.378. The number of carbonyl (C=O) groups excluding carboxylic acids is 1. The second-order valence-corrected chi connectivity index (χ2v) is 11.3. The van der Waals surface area contributed by atoms with Crippen molar-refractivity contribution < 1.29 is 42.9 Å². The highest BCUT2D eigenvalue weighted by Gasteiger charge is 2.30. The minimum atomic E-state index is -5.33. The lowest BCUT2D eigenvalue weighted by atomic mass is 9.98. The molecule has 0 spiro atoms.